The highest BCUT2D eigenvalue weighted by Crippen LogP contribution is 2.18. The van der Waals surface area contributed by atoms with E-state index in [-0.39, 0.29) is 6.03 Å². The molecule has 0 fully saturated rings. The number of aromatic nitrogens is 3. The van der Waals surface area contributed by atoms with Gasteiger partial charge in [-0.2, -0.15) is 5.10 Å². The van der Waals surface area contributed by atoms with Gasteiger partial charge in [-0.15, -0.1) is 0 Å². The maximum absolute atomic E-state index is 11.7. The van der Waals surface area contributed by atoms with Crippen LogP contribution in [-0.2, 0) is 13.6 Å². The van der Waals surface area contributed by atoms with E-state index >= 15 is 0 Å². The van der Waals surface area contributed by atoms with Crippen LogP contribution < -0.4 is 10.6 Å². The molecule has 0 saturated carbocycles. The van der Waals surface area contributed by atoms with Crippen LogP contribution in [0.15, 0.2) is 16.9 Å². The van der Waals surface area contributed by atoms with Crippen molar-refractivity contribution in [1.82, 2.24) is 20.3 Å². The number of carbonyl (C=O) groups excluding carboxylic acids is 1. The van der Waals surface area contributed by atoms with Crippen molar-refractivity contribution in [3.05, 3.63) is 29.4 Å². The Labute approximate surface area is 104 Å². The fourth-order valence-corrected chi connectivity index (χ4v) is 1.56. The highest BCUT2D eigenvalue weighted by Gasteiger charge is 2.11. The van der Waals surface area contributed by atoms with E-state index in [0.717, 1.165) is 5.56 Å². The zero-order chi connectivity index (χ0) is 13.1. The Bertz CT molecular complexity index is 538. The lowest BCUT2D eigenvalue weighted by Crippen LogP contribution is -2.28. The monoisotopic (exact) mass is 249 g/mol. The number of nitrogens with one attached hydrogen (secondary N) is 2. The fraction of sp³-hybridized carbons (Fsp3) is 0.364. The number of nitrogens with zero attached hydrogens (tertiary/aromatic N) is 3. The van der Waals surface area contributed by atoms with Crippen LogP contribution in [0.5, 0.6) is 0 Å². The number of hydrogen-bond donors (Lipinski definition) is 2. The lowest BCUT2D eigenvalue weighted by molar-refractivity contribution is 0.251. The van der Waals surface area contributed by atoms with Crippen molar-refractivity contribution in [1.29, 1.82) is 0 Å². The molecule has 2 rings (SSSR count). The molecule has 0 saturated heterocycles. The second-order valence-electron chi connectivity index (χ2n) is 4.03. The van der Waals surface area contributed by atoms with Gasteiger partial charge in [-0.25, -0.2) is 4.79 Å². The summed E-state index contributed by atoms with van der Waals surface area (Å²) < 4.78 is 6.64. The predicted octanol–water partition coefficient (Wildman–Crippen LogP) is 1.35. The van der Waals surface area contributed by atoms with E-state index in [4.69, 9.17) is 4.52 Å². The van der Waals surface area contributed by atoms with Crippen LogP contribution in [0.4, 0.5) is 10.5 Å². The molecule has 96 valence electrons. The van der Waals surface area contributed by atoms with Gasteiger partial charge in [-0.05, 0) is 13.8 Å². The van der Waals surface area contributed by atoms with Crippen molar-refractivity contribution in [2.24, 2.45) is 7.05 Å². The normalized spacial score (nSPS) is 10.4. The molecule has 0 unspecified atom stereocenters. The molecule has 7 nitrogen and oxygen atoms in total. The summed E-state index contributed by atoms with van der Waals surface area (Å²) in [6.45, 7) is 3.94. The first-order chi connectivity index (χ1) is 8.56. The number of urea groups is 1. The molecule has 7 heteroatoms. The van der Waals surface area contributed by atoms with Gasteiger partial charge < -0.3 is 15.2 Å². The number of anilines is 1. The maximum atomic E-state index is 11.7. The molecule has 2 amide bonds. The van der Waals surface area contributed by atoms with Gasteiger partial charge in [-0.1, -0.05) is 5.16 Å². The van der Waals surface area contributed by atoms with Gasteiger partial charge in [0, 0.05) is 25.4 Å². The minimum atomic E-state index is -0.298. The van der Waals surface area contributed by atoms with Crippen molar-refractivity contribution in [3.63, 3.8) is 0 Å². The molecule has 0 aliphatic rings. The number of amides is 2. The Kier molecular flexibility index (Phi) is 3.31. The van der Waals surface area contributed by atoms with E-state index in [1.807, 2.05) is 13.2 Å². The molecule has 0 aliphatic carbocycles. The van der Waals surface area contributed by atoms with Crippen molar-refractivity contribution >= 4 is 11.7 Å². The molecule has 0 radical (unpaired) electrons. The van der Waals surface area contributed by atoms with Crippen LogP contribution in [0.3, 0.4) is 0 Å². The summed E-state index contributed by atoms with van der Waals surface area (Å²) in [4.78, 5) is 11.7. The van der Waals surface area contributed by atoms with Crippen LogP contribution in [0.1, 0.15) is 17.0 Å². The van der Waals surface area contributed by atoms with Gasteiger partial charge >= 0.3 is 6.03 Å². The molecular weight excluding hydrogens is 234 g/mol. The molecule has 0 spiro atoms. The first kappa shape index (κ1) is 12.2. The smallest absolute Gasteiger partial charge is 0.319 e. The van der Waals surface area contributed by atoms with Crippen LogP contribution >= 0.6 is 0 Å². The maximum Gasteiger partial charge on any atom is 0.319 e. The summed E-state index contributed by atoms with van der Waals surface area (Å²) in [5, 5.41) is 13.2. The van der Waals surface area contributed by atoms with Gasteiger partial charge in [0.25, 0.3) is 0 Å². The highest BCUT2D eigenvalue weighted by molar-refractivity contribution is 5.90. The van der Waals surface area contributed by atoms with Crippen LogP contribution in [0, 0.1) is 13.8 Å². The van der Waals surface area contributed by atoms with E-state index in [2.05, 4.69) is 20.9 Å². The lowest BCUT2D eigenvalue weighted by Gasteiger charge is -2.05. The number of aryl methyl sites for hydroxylation is 3. The Morgan fingerprint density at radius 3 is 2.83 bits per heavy atom. The molecule has 0 bridgehead atoms. The van der Waals surface area contributed by atoms with E-state index < -0.39 is 0 Å². The van der Waals surface area contributed by atoms with Crippen molar-refractivity contribution in [3.8, 4) is 0 Å². The van der Waals surface area contributed by atoms with Crippen molar-refractivity contribution in [2.75, 3.05) is 5.32 Å². The predicted molar refractivity (Wildman–Crippen MR) is 65.0 cm³/mol. The van der Waals surface area contributed by atoms with E-state index in [9.17, 15) is 4.79 Å². The van der Waals surface area contributed by atoms with E-state index in [0.29, 0.717) is 23.7 Å². The first-order valence-corrected chi connectivity index (χ1v) is 5.51. The molecule has 2 aromatic rings. The first-order valence-electron chi connectivity index (χ1n) is 5.51. The lowest BCUT2D eigenvalue weighted by atomic mass is 10.3. The Hall–Kier alpha value is -2.31. The largest absolute Gasteiger partial charge is 0.359 e. The quantitative estimate of drug-likeness (QED) is 0.859. The van der Waals surface area contributed by atoms with Crippen molar-refractivity contribution < 1.29 is 9.32 Å². The summed E-state index contributed by atoms with van der Waals surface area (Å²) in [7, 11) is 1.83. The van der Waals surface area contributed by atoms with Crippen molar-refractivity contribution in [2.45, 2.75) is 20.4 Å². The standard InChI is InChI=1S/C11H15N5O2/c1-7-10(8(2)18-15-7)14-11(17)12-4-9-5-13-16(3)6-9/h5-6H,4H2,1-3H3,(H2,12,14,17). The minimum absolute atomic E-state index is 0.298. The molecule has 2 aromatic heterocycles. The topological polar surface area (TPSA) is 85.0 Å². The van der Waals surface area contributed by atoms with Gasteiger partial charge in [0.1, 0.15) is 11.4 Å². The molecule has 0 aliphatic heterocycles. The van der Waals surface area contributed by atoms with Crippen LogP contribution in [0.2, 0.25) is 0 Å². The highest BCUT2D eigenvalue weighted by atomic mass is 16.5. The molecule has 2 N–H and O–H groups in total. The molecule has 2 heterocycles. The van der Waals surface area contributed by atoms with Gasteiger partial charge in [0.05, 0.1) is 6.20 Å². The molecule has 18 heavy (non-hydrogen) atoms. The second-order valence-corrected chi connectivity index (χ2v) is 4.03. The third kappa shape index (κ3) is 2.68. The molecular formula is C11H15N5O2. The summed E-state index contributed by atoms with van der Waals surface area (Å²) in [5.74, 6) is 0.587. The Morgan fingerprint density at radius 2 is 2.28 bits per heavy atom. The minimum Gasteiger partial charge on any atom is -0.359 e. The summed E-state index contributed by atoms with van der Waals surface area (Å²) >= 11 is 0. The van der Waals surface area contributed by atoms with E-state index in [1.54, 1.807) is 24.7 Å². The third-order valence-electron chi connectivity index (χ3n) is 2.48. The zero-order valence-corrected chi connectivity index (χ0v) is 10.5. The summed E-state index contributed by atoms with van der Waals surface area (Å²) in [6.07, 6.45) is 3.55. The summed E-state index contributed by atoms with van der Waals surface area (Å²) in [6, 6.07) is -0.298. The Morgan fingerprint density at radius 1 is 1.50 bits per heavy atom. The van der Waals surface area contributed by atoms with Gasteiger partial charge in [0.15, 0.2) is 5.76 Å². The average molecular weight is 249 g/mol. The van der Waals surface area contributed by atoms with Gasteiger partial charge in [-0.3, -0.25) is 4.68 Å². The number of hydrogen-bond acceptors (Lipinski definition) is 4. The fourth-order valence-electron chi connectivity index (χ4n) is 1.56. The second kappa shape index (κ2) is 4.91. The number of rotatable bonds is 3. The number of carbonyl (C=O) groups is 1. The average Bonchev–Trinajstić information content (AvgIpc) is 2.87. The Balaban J connectivity index is 1.89. The van der Waals surface area contributed by atoms with E-state index in [1.165, 1.54) is 0 Å². The van der Waals surface area contributed by atoms with Crippen LogP contribution in [0.25, 0.3) is 0 Å². The SMILES string of the molecule is Cc1noc(C)c1NC(=O)NCc1cnn(C)c1. The molecule has 0 aromatic carbocycles. The molecule has 0 atom stereocenters. The third-order valence-corrected chi connectivity index (χ3v) is 2.48. The zero-order valence-electron chi connectivity index (χ0n) is 10.5. The summed E-state index contributed by atoms with van der Waals surface area (Å²) in [5.41, 5.74) is 2.20. The van der Waals surface area contributed by atoms with Gasteiger partial charge in [0.2, 0.25) is 0 Å². The van der Waals surface area contributed by atoms with Crippen LogP contribution in [-0.4, -0.2) is 21.0 Å².